The van der Waals surface area contributed by atoms with Gasteiger partial charge >= 0.3 is 7.12 Å². The SMILES string of the molecule is OB(O)c1ccc2c3c(ccc2c1)-c1ccc2ccccc2c1C31c2ccccc2-c2ccccc21. The number of hydrogen-bond donors (Lipinski definition) is 2. The van der Waals surface area contributed by atoms with Gasteiger partial charge in [-0.15, -0.1) is 0 Å². The van der Waals surface area contributed by atoms with E-state index in [4.69, 9.17) is 0 Å². The smallest absolute Gasteiger partial charge is 0.423 e. The highest BCUT2D eigenvalue weighted by atomic mass is 16.4. The first-order valence-corrected chi connectivity index (χ1v) is 12.3. The van der Waals surface area contributed by atoms with Gasteiger partial charge in [-0.1, -0.05) is 115 Å². The predicted molar refractivity (Wildman–Crippen MR) is 148 cm³/mol. The maximum atomic E-state index is 9.86. The minimum atomic E-state index is -1.49. The van der Waals surface area contributed by atoms with Crippen LogP contribution in [0.4, 0.5) is 0 Å². The summed E-state index contributed by atoms with van der Waals surface area (Å²) in [5.74, 6) is 0. The van der Waals surface area contributed by atoms with Crippen LogP contribution < -0.4 is 5.46 Å². The van der Waals surface area contributed by atoms with Crippen LogP contribution in [0.2, 0.25) is 0 Å². The summed E-state index contributed by atoms with van der Waals surface area (Å²) < 4.78 is 0. The Morgan fingerprint density at radius 1 is 0.472 bits per heavy atom. The minimum Gasteiger partial charge on any atom is -0.423 e. The average molecular weight is 460 g/mol. The zero-order valence-corrected chi connectivity index (χ0v) is 19.4. The van der Waals surface area contributed by atoms with Crippen molar-refractivity contribution in [1.29, 1.82) is 0 Å². The normalized spacial score (nSPS) is 14.1. The van der Waals surface area contributed by atoms with Gasteiger partial charge in [0, 0.05) is 0 Å². The minimum absolute atomic E-state index is 0.461. The molecule has 3 heteroatoms. The summed E-state index contributed by atoms with van der Waals surface area (Å²) in [5, 5.41) is 24.4. The van der Waals surface area contributed by atoms with Gasteiger partial charge in [0.15, 0.2) is 0 Å². The Kier molecular flexibility index (Phi) is 3.87. The molecule has 2 aliphatic rings. The van der Waals surface area contributed by atoms with Crippen LogP contribution in [0.3, 0.4) is 0 Å². The number of rotatable bonds is 1. The van der Waals surface area contributed by atoms with E-state index in [1.165, 1.54) is 55.3 Å². The van der Waals surface area contributed by atoms with Crippen molar-refractivity contribution in [2.75, 3.05) is 0 Å². The van der Waals surface area contributed by atoms with E-state index < -0.39 is 12.5 Å². The summed E-state index contributed by atoms with van der Waals surface area (Å²) in [6.07, 6.45) is 0. The Hall–Kier alpha value is -4.18. The van der Waals surface area contributed by atoms with Gasteiger partial charge in [-0.05, 0) is 71.5 Å². The molecule has 0 aliphatic heterocycles. The van der Waals surface area contributed by atoms with Crippen molar-refractivity contribution >= 4 is 34.1 Å². The summed E-state index contributed by atoms with van der Waals surface area (Å²) in [7, 11) is -1.49. The van der Waals surface area contributed by atoms with Crippen LogP contribution in [0.25, 0.3) is 43.8 Å². The van der Waals surface area contributed by atoms with Crippen LogP contribution in [0.15, 0.2) is 115 Å². The van der Waals surface area contributed by atoms with Crippen LogP contribution in [0.1, 0.15) is 22.3 Å². The highest BCUT2D eigenvalue weighted by Gasteiger charge is 2.53. The molecule has 6 aromatic rings. The van der Waals surface area contributed by atoms with Crippen LogP contribution >= 0.6 is 0 Å². The van der Waals surface area contributed by atoms with Gasteiger partial charge in [0.2, 0.25) is 0 Å². The summed E-state index contributed by atoms with van der Waals surface area (Å²) in [5.41, 5.74) is 10.3. The third-order valence-electron chi connectivity index (χ3n) is 8.26. The molecule has 168 valence electrons. The van der Waals surface area contributed by atoms with Crippen molar-refractivity contribution in [2.24, 2.45) is 0 Å². The van der Waals surface area contributed by atoms with Crippen molar-refractivity contribution in [3.05, 3.63) is 138 Å². The van der Waals surface area contributed by atoms with Crippen molar-refractivity contribution < 1.29 is 10.0 Å². The second-order valence-corrected chi connectivity index (χ2v) is 9.89. The summed E-state index contributed by atoms with van der Waals surface area (Å²) >= 11 is 0. The van der Waals surface area contributed by atoms with Gasteiger partial charge in [0.1, 0.15) is 0 Å². The van der Waals surface area contributed by atoms with Crippen molar-refractivity contribution in [3.63, 3.8) is 0 Å². The molecule has 0 radical (unpaired) electrons. The van der Waals surface area contributed by atoms with Gasteiger partial charge in [-0.2, -0.15) is 0 Å². The predicted octanol–water partition coefficient (Wildman–Crippen LogP) is 6.02. The third-order valence-corrected chi connectivity index (χ3v) is 8.26. The molecule has 6 aromatic carbocycles. The molecule has 1 spiro atoms. The first-order chi connectivity index (χ1) is 17.7. The molecular weight excluding hydrogens is 439 g/mol. The highest BCUT2D eigenvalue weighted by molar-refractivity contribution is 6.59. The molecular formula is C33H21BO2. The Morgan fingerprint density at radius 3 is 1.69 bits per heavy atom. The Bertz CT molecular complexity index is 1840. The summed E-state index contributed by atoms with van der Waals surface area (Å²) in [6.45, 7) is 0. The van der Waals surface area contributed by atoms with Gasteiger partial charge in [-0.3, -0.25) is 0 Å². The largest absolute Gasteiger partial charge is 0.488 e. The van der Waals surface area contributed by atoms with E-state index in [1.54, 1.807) is 0 Å². The van der Waals surface area contributed by atoms with E-state index in [0.717, 1.165) is 10.8 Å². The maximum absolute atomic E-state index is 9.86. The van der Waals surface area contributed by atoms with E-state index in [2.05, 4.69) is 103 Å². The van der Waals surface area contributed by atoms with E-state index in [9.17, 15) is 10.0 Å². The van der Waals surface area contributed by atoms with Gasteiger partial charge < -0.3 is 10.0 Å². The fourth-order valence-corrected chi connectivity index (χ4v) is 6.94. The number of benzene rings is 6. The lowest BCUT2D eigenvalue weighted by Crippen LogP contribution is -2.30. The standard InChI is InChI=1S/C33H21BO2/c35-34(36)22-15-18-24-21(19-22)14-17-28-27-16-13-20-7-1-2-8-23(20)31(27)33(32(24)28)29-11-5-3-9-25(29)26-10-4-6-12-30(26)33/h1-19,35-36H. The molecule has 0 saturated heterocycles. The average Bonchev–Trinajstić information content (AvgIpc) is 3.40. The fraction of sp³-hybridized carbons (Fsp3) is 0.0303. The Labute approximate surface area is 209 Å². The Morgan fingerprint density at radius 2 is 1.03 bits per heavy atom. The molecule has 2 N–H and O–H groups in total. The Balaban J connectivity index is 1.64. The maximum Gasteiger partial charge on any atom is 0.488 e. The molecule has 0 bridgehead atoms. The van der Waals surface area contributed by atoms with E-state index >= 15 is 0 Å². The lowest BCUT2D eigenvalue weighted by Gasteiger charge is -2.32. The second-order valence-electron chi connectivity index (χ2n) is 9.89. The van der Waals surface area contributed by atoms with Crippen LogP contribution in [-0.4, -0.2) is 17.2 Å². The molecule has 2 nitrogen and oxygen atoms in total. The number of fused-ring (bicyclic) bond motifs is 14. The molecule has 0 unspecified atom stereocenters. The topological polar surface area (TPSA) is 40.5 Å². The quantitative estimate of drug-likeness (QED) is 0.294. The van der Waals surface area contributed by atoms with E-state index in [1.807, 2.05) is 12.1 Å². The monoisotopic (exact) mass is 460 g/mol. The fourth-order valence-electron chi connectivity index (χ4n) is 6.94. The van der Waals surface area contributed by atoms with E-state index in [-0.39, 0.29) is 0 Å². The first kappa shape index (κ1) is 20.1. The van der Waals surface area contributed by atoms with E-state index in [0.29, 0.717) is 5.46 Å². The molecule has 0 amide bonds. The molecule has 0 heterocycles. The van der Waals surface area contributed by atoms with Crippen molar-refractivity contribution in [3.8, 4) is 22.3 Å². The molecule has 8 rings (SSSR count). The first-order valence-electron chi connectivity index (χ1n) is 12.3. The van der Waals surface area contributed by atoms with Crippen LogP contribution in [0.5, 0.6) is 0 Å². The van der Waals surface area contributed by atoms with Crippen molar-refractivity contribution in [1.82, 2.24) is 0 Å². The lowest BCUT2D eigenvalue weighted by atomic mass is 9.68. The molecule has 0 fully saturated rings. The molecule has 0 aromatic heterocycles. The van der Waals surface area contributed by atoms with Crippen LogP contribution in [-0.2, 0) is 5.41 Å². The van der Waals surface area contributed by atoms with Gasteiger partial charge in [0.25, 0.3) is 0 Å². The second kappa shape index (κ2) is 6.95. The number of hydrogen-bond acceptors (Lipinski definition) is 2. The molecule has 36 heavy (non-hydrogen) atoms. The van der Waals surface area contributed by atoms with Gasteiger partial charge in [0.05, 0.1) is 5.41 Å². The zero-order valence-electron chi connectivity index (χ0n) is 19.4. The summed E-state index contributed by atoms with van der Waals surface area (Å²) in [6, 6.07) is 41.0. The highest BCUT2D eigenvalue weighted by Crippen LogP contribution is 2.65. The molecule has 2 aliphatic carbocycles. The summed E-state index contributed by atoms with van der Waals surface area (Å²) in [4.78, 5) is 0. The van der Waals surface area contributed by atoms with Crippen LogP contribution in [0, 0.1) is 0 Å². The molecule has 0 saturated carbocycles. The zero-order chi connectivity index (χ0) is 24.0. The molecule has 0 atom stereocenters. The lowest BCUT2D eigenvalue weighted by molar-refractivity contribution is 0.426. The van der Waals surface area contributed by atoms with Gasteiger partial charge in [-0.25, -0.2) is 0 Å². The third kappa shape index (κ3) is 2.30. The van der Waals surface area contributed by atoms with Crippen molar-refractivity contribution in [2.45, 2.75) is 5.41 Å².